The van der Waals surface area contributed by atoms with Crippen molar-refractivity contribution in [2.75, 3.05) is 13.1 Å². The van der Waals surface area contributed by atoms with Crippen molar-refractivity contribution < 1.29 is 18.7 Å². The van der Waals surface area contributed by atoms with Crippen LogP contribution in [0.1, 0.15) is 22.8 Å². The molecule has 1 amide bonds. The summed E-state index contributed by atoms with van der Waals surface area (Å²) >= 11 is 0. The maximum atomic E-state index is 14.9. The molecule has 0 spiro atoms. The monoisotopic (exact) mass is 370 g/mol. The van der Waals surface area contributed by atoms with Gasteiger partial charge in [0.25, 0.3) is 0 Å². The molecule has 0 radical (unpaired) electrons. The Bertz CT molecular complexity index is 770. The molecule has 5 nitrogen and oxygen atoms in total. The topological polar surface area (TPSA) is 58.6 Å². The summed E-state index contributed by atoms with van der Waals surface area (Å²) in [6.07, 6.45) is -2.42. The number of carbonyl (C=O) groups excluding carboxylic acids is 2. The number of carbonyl (C=O) groups is 2. The van der Waals surface area contributed by atoms with Crippen molar-refractivity contribution in [3.05, 3.63) is 71.8 Å². The third kappa shape index (κ3) is 5.14. The van der Waals surface area contributed by atoms with Crippen molar-refractivity contribution in [2.45, 2.75) is 31.8 Å². The molecule has 1 fully saturated rings. The minimum Gasteiger partial charge on any atom is -0.453 e. The van der Waals surface area contributed by atoms with Gasteiger partial charge in [-0.05, 0) is 17.7 Å². The number of rotatable bonds is 5. The number of esters is 1. The van der Waals surface area contributed by atoms with Crippen LogP contribution < -0.4 is 5.32 Å². The van der Waals surface area contributed by atoms with Crippen molar-refractivity contribution in [2.24, 2.45) is 0 Å². The van der Waals surface area contributed by atoms with Crippen LogP contribution in [0.2, 0.25) is 0 Å². The number of amides is 1. The van der Waals surface area contributed by atoms with E-state index in [1.54, 1.807) is 30.3 Å². The fourth-order valence-electron chi connectivity index (χ4n) is 3.34. The van der Waals surface area contributed by atoms with E-state index in [9.17, 15) is 14.0 Å². The first-order valence-electron chi connectivity index (χ1n) is 8.96. The SMILES string of the molecule is CC(=O)NC1CN(Cc2ccccc2)CC(F)C1OC(=O)c1ccccc1. The van der Waals surface area contributed by atoms with Crippen molar-refractivity contribution in [3.63, 3.8) is 0 Å². The number of benzene rings is 2. The number of halogens is 1. The van der Waals surface area contributed by atoms with Crippen molar-refractivity contribution in [1.82, 2.24) is 10.2 Å². The molecule has 1 aliphatic rings. The molecular formula is C21H23FN2O3. The summed E-state index contributed by atoms with van der Waals surface area (Å²) in [5.74, 6) is -0.871. The summed E-state index contributed by atoms with van der Waals surface area (Å²) in [5.41, 5.74) is 1.42. The summed E-state index contributed by atoms with van der Waals surface area (Å²) in [6, 6.07) is 17.6. The zero-order valence-corrected chi connectivity index (χ0v) is 15.2. The fourth-order valence-corrected chi connectivity index (χ4v) is 3.34. The van der Waals surface area contributed by atoms with Crippen LogP contribution in [0.5, 0.6) is 0 Å². The number of hydrogen-bond acceptors (Lipinski definition) is 4. The molecule has 0 aromatic heterocycles. The summed E-state index contributed by atoms with van der Waals surface area (Å²) in [6.45, 7) is 2.48. The number of hydrogen-bond donors (Lipinski definition) is 1. The lowest BCUT2D eigenvalue weighted by molar-refractivity contribution is -0.122. The molecule has 0 saturated carbocycles. The predicted molar refractivity (Wildman–Crippen MR) is 99.9 cm³/mol. The van der Waals surface area contributed by atoms with Crippen LogP contribution in [0.3, 0.4) is 0 Å². The quantitative estimate of drug-likeness (QED) is 0.822. The average Bonchev–Trinajstić information content (AvgIpc) is 2.65. The molecule has 3 rings (SSSR count). The molecule has 6 heteroatoms. The molecule has 3 unspecified atom stereocenters. The first-order valence-corrected chi connectivity index (χ1v) is 8.96. The Labute approximate surface area is 158 Å². The molecule has 1 aliphatic heterocycles. The van der Waals surface area contributed by atoms with Gasteiger partial charge >= 0.3 is 5.97 Å². The molecule has 2 aromatic rings. The van der Waals surface area contributed by atoms with Crippen molar-refractivity contribution >= 4 is 11.9 Å². The summed E-state index contributed by atoms with van der Waals surface area (Å²) in [4.78, 5) is 25.9. The van der Waals surface area contributed by atoms with E-state index in [0.717, 1.165) is 5.56 Å². The Morgan fingerprint density at radius 3 is 2.33 bits per heavy atom. The maximum absolute atomic E-state index is 14.9. The zero-order valence-electron chi connectivity index (χ0n) is 15.2. The first kappa shape index (κ1) is 19.0. The Hall–Kier alpha value is -2.73. The van der Waals surface area contributed by atoms with E-state index in [0.29, 0.717) is 18.7 Å². The smallest absolute Gasteiger partial charge is 0.338 e. The van der Waals surface area contributed by atoms with Gasteiger partial charge in [0.2, 0.25) is 5.91 Å². The number of likely N-dealkylation sites (tertiary alicyclic amines) is 1. The molecule has 3 atom stereocenters. The van der Waals surface area contributed by atoms with E-state index in [1.807, 2.05) is 35.2 Å². The standard InChI is InChI=1S/C21H23FN2O3/c1-15(25)23-19-14-24(12-16-8-4-2-5-9-16)13-18(22)20(19)27-21(26)17-10-6-3-7-11-17/h2-11,18-20H,12-14H2,1H3,(H,23,25). The molecule has 0 aliphatic carbocycles. The lowest BCUT2D eigenvalue weighted by Gasteiger charge is -2.40. The molecule has 27 heavy (non-hydrogen) atoms. The van der Waals surface area contributed by atoms with Gasteiger partial charge in [0.05, 0.1) is 11.6 Å². The Kier molecular flexibility index (Phi) is 6.19. The fraction of sp³-hybridized carbons (Fsp3) is 0.333. The van der Waals surface area contributed by atoms with Gasteiger partial charge in [-0.15, -0.1) is 0 Å². The minimum absolute atomic E-state index is 0.137. The van der Waals surface area contributed by atoms with E-state index in [4.69, 9.17) is 4.74 Å². The van der Waals surface area contributed by atoms with Gasteiger partial charge in [-0.1, -0.05) is 48.5 Å². The number of piperidine rings is 1. The highest BCUT2D eigenvalue weighted by Crippen LogP contribution is 2.21. The van der Waals surface area contributed by atoms with Crippen molar-refractivity contribution in [1.29, 1.82) is 0 Å². The third-order valence-corrected chi connectivity index (χ3v) is 4.53. The minimum atomic E-state index is -1.40. The van der Waals surface area contributed by atoms with E-state index in [2.05, 4.69) is 5.32 Å². The average molecular weight is 370 g/mol. The number of alkyl halides is 1. The highest BCUT2D eigenvalue weighted by Gasteiger charge is 2.40. The Morgan fingerprint density at radius 2 is 1.70 bits per heavy atom. The lowest BCUT2D eigenvalue weighted by Crippen LogP contribution is -2.61. The Balaban J connectivity index is 1.71. The summed E-state index contributed by atoms with van der Waals surface area (Å²) in [5, 5.41) is 2.74. The van der Waals surface area contributed by atoms with E-state index < -0.39 is 24.3 Å². The zero-order chi connectivity index (χ0) is 19.2. The van der Waals surface area contributed by atoms with E-state index in [-0.39, 0.29) is 12.5 Å². The largest absolute Gasteiger partial charge is 0.453 e. The molecular weight excluding hydrogens is 347 g/mol. The first-order chi connectivity index (χ1) is 13.0. The second kappa shape index (κ2) is 8.77. The van der Waals surface area contributed by atoms with Gasteiger partial charge in [0, 0.05) is 26.6 Å². The van der Waals surface area contributed by atoms with Crippen LogP contribution in [0.25, 0.3) is 0 Å². The van der Waals surface area contributed by atoms with Gasteiger partial charge in [0.15, 0.2) is 12.3 Å². The van der Waals surface area contributed by atoms with Crippen LogP contribution in [-0.4, -0.2) is 48.2 Å². The Morgan fingerprint density at radius 1 is 1.07 bits per heavy atom. The number of nitrogens with one attached hydrogen (secondary N) is 1. The molecule has 1 saturated heterocycles. The van der Waals surface area contributed by atoms with Crippen LogP contribution in [0.4, 0.5) is 4.39 Å². The second-order valence-corrected chi connectivity index (χ2v) is 6.74. The van der Waals surface area contributed by atoms with Gasteiger partial charge in [-0.25, -0.2) is 9.18 Å². The van der Waals surface area contributed by atoms with E-state index >= 15 is 0 Å². The van der Waals surface area contributed by atoms with Gasteiger partial charge in [0.1, 0.15) is 0 Å². The van der Waals surface area contributed by atoms with Gasteiger partial charge in [-0.2, -0.15) is 0 Å². The van der Waals surface area contributed by atoms with E-state index in [1.165, 1.54) is 6.92 Å². The molecule has 0 bridgehead atoms. The van der Waals surface area contributed by atoms with Gasteiger partial charge in [-0.3, -0.25) is 9.69 Å². The third-order valence-electron chi connectivity index (χ3n) is 4.53. The van der Waals surface area contributed by atoms with Crippen LogP contribution in [-0.2, 0) is 16.1 Å². The van der Waals surface area contributed by atoms with Crippen LogP contribution >= 0.6 is 0 Å². The summed E-state index contributed by atoms with van der Waals surface area (Å²) < 4.78 is 20.4. The normalized spacial score (nSPS) is 22.8. The number of nitrogens with zero attached hydrogens (tertiary/aromatic N) is 1. The maximum Gasteiger partial charge on any atom is 0.338 e. The van der Waals surface area contributed by atoms with Gasteiger partial charge < -0.3 is 10.1 Å². The molecule has 2 aromatic carbocycles. The molecule has 1 heterocycles. The predicted octanol–water partition coefficient (Wildman–Crippen LogP) is 2.57. The number of ether oxygens (including phenoxy) is 1. The second-order valence-electron chi connectivity index (χ2n) is 6.74. The molecule has 1 N–H and O–H groups in total. The highest BCUT2D eigenvalue weighted by atomic mass is 19.1. The lowest BCUT2D eigenvalue weighted by atomic mass is 9.99. The molecule has 142 valence electrons. The van der Waals surface area contributed by atoms with Crippen LogP contribution in [0, 0.1) is 0 Å². The van der Waals surface area contributed by atoms with Crippen molar-refractivity contribution in [3.8, 4) is 0 Å². The van der Waals surface area contributed by atoms with Crippen LogP contribution in [0.15, 0.2) is 60.7 Å². The highest BCUT2D eigenvalue weighted by molar-refractivity contribution is 5.89. The summed E-state index contributed by atoms with van der Waals surface area (Å²) in [7, 11) is 0.